The first-order valence-electron chi connectivity index (χ1n) is 11.1. The molecule has 1 heterocycles. The van der Waals surface area contributed by atoms with Gasteiger partial charge in [0, 0.05) is 50.0 Å². The molecule has 1 N–H and O–H groups in total. The maximum absolute atomic E-state index is 11.9. The van der Waals surface area contributed by atoms with Crippen LogP contribution in [0.5, 0.6) is 0 Å². The van der Waals surface area contributed by atoms with Crippen molar-refractivity contribution in [2.24, 2.45) is 17.8 Å². The van der Waals surface area contributed by atoms with Crippen LogP contribution < -0.4 is 15.1 Å². The van der Waals surface area contributed by atoms with Gasteiger partial charge in [0.25, 0.3) is 5.69 Å². The van der Waals surface area contributed by atoms with Gasteiger partial charge in [-0.3, -0.25) is 10.1 Å². The summed E-state index contributed by atoms with van der Waals surface area (Å²) in [5.41, 5.74) is 2.39. The second-order valence-corrected chi connectivity index (χ2v) is 9.55. The zero-order valence-corrected chi connectivity index (χ0v) is 16.9. The van der Waals surface area contributed by atoms with Crippen molar-refractivity contribution in [2.75, 3.05) is 42.5 Å². The van der Waals surface area contributed by atoms with Gasteiger partial charge >= 0.3 is 0 Å². The van der Waals surface area contributed by atoms with Gasteiger partial charge in [-0.1, -0.05) is 0 Å². The third kappa shape index (κ3) is 2.97. The van der Waals surface area contributed by atoms with Gasteiger partial charge in [0.05, 0.1) is 4.92 Å². The fourth-order valence-corrected chi connectivity index (χ4v) is 7.16. The van der Waals surface area contributed by atoms with Crippen LogP contribution in [0, 0.1) is 27.9 Å². The van der Waals surface area contributed by atoms with Gasteiger partial charge in [0.15, 0.2) is 0 Å². The van der Waals surface area contributed by atoms with Gasteiger partial charge in [-0.25, -0.2) is 0 Å². The number of nitro benzene ring substituents is 1. The molecule has 1 aromatic rings. The summed E-state index contributed by atoms with van der Waals surface area (Å²) < 4.78 is 0. The van der Waals surface area contributed by atoms with Crippen molar-refractivity contribution in [1.82, 2.24) is 5.32 Å². The normalized spacial score (nSPS) is 33.9. The maximum Gasteiger partial charge on any atom is 0.292 e. The highest BCUT2D eigenvalue weighted by molar-refractivity contribution is 5.71. The molecular weight excluding hydrogens is 352 g/mol. The molecule has 28 heavy (non-hydrogen) atoms. The first-order valence-corrected chi connectivity index (χ1v) is 11.1. The third-order valence-corrected chi connectivity index (χ3v) is 7.82. The third-order valence-electron chi connectivity index (χ3n) is 7.82. The highest BCUT2D eigenvalue weighted by Gasteiger charge is 2.54. The molecule has 6 heteroatoms. The molecule has 6 rings (SSSR count). The smallest absolute Gasteiger partial charge is 0.292 e. The zero-order chi connectivity index (χ0) is 19.3. The fourth-order valence-electron chi connectivity index (χ4n) is 7.16. The number of hydrogen-bond donors (Lipinski definition) is 1. The van der Waals surface area contributed by atoms with Crippen LogP contribution in [0.3, 0.4) is 0 Å². The average Bonchev–Trinajstić information content (AvgIpc) is 2.68. The van der Waals surface area contributed by atoms with Crippen molar-refractivity contribution in [3.63, 3.8) is 0 Å². The number of hydrogen-bond acceptors (Lipinski definition) is 5. The lowest BCUT2D eigenvalue weighted by Crippen LogP contribution is -2.60. The van der Waals surface area contributed by atoms with Gasteiger partial charge in [0.1, 0.15) is 5.69 Å². The van der Waals surface area contributed by atoms with Crippen molar-refractivity contribution >= 4 is 17.1 Å². The van der Waals surface area contributed by atoms with Crippen molar-refractivity contribution in [2.45, 2.75) is 51.0 Å². The Labute approximate surface area is 167 Å². The molecule has 0 atom stereocenters. The fraction of sp³-hybridized carbons (Fsp3) is 0.727. The standard InChI is InChI=1S/C22H32N4O2/c1-2-25(22-13-16-9-17(14-22)11-18(10-16)15-22)21-12-19(3-4-20(21)26(27)28)24-7-5-23-6-8-24/h3-4,12,16-18,23H,2,5-11,13-15H2,1H3. The second-order valence-electron chi connectivity index (χ2n) is 9.55. The molecule has 5 fully saturated rings. The van der Waals surface area contributed by atoms with E-state index in [4.69, 9.17) is 0 Å². The lowest BCUT2D eigenvalue weighted by molar-refractivity contribution is -0.384. The van der Waals surface area contributed by atoms with E-state index in [1.165, 1.54) is 38.5 Å². The van der Waals surface area contributed by atoms with Crippen LogP contribution in [0.4, 0.5) is 17.1 Å². The zero-order valence-electron chi connectivity index (χ0n) is 16.9. The van der Waals surface area contributed by atoms with Crippen LogP contribution in [0.1, 0.15) is 45.4 Å². The van der Waals surface area contributed by atoms with Crippen LogP contribution in [0.2, 0.25) is 0 Å². The van der Waals surface area contributed by atoms with Crippen LogP contribution >= 0.6 is 0 Å². The Kier molecular flexibility index (Phi) is 4.49. The molecule has 152 valence electrons. The van der Waals surface area contributed by atoms with Crippen LogP contribution in [0.25, 0.3) is 0 Å². The van der Waals surface area contributed by atoms with Gasteiger partial charge in [-0.2, -0.15) is 0 Å². The topological polar surface area (TPSA) is 61.6 Å². The van der Waals surface area contributed by atoms with E-state index in [1.54, 1.807) is 6.07 Å². The lowest BCUT2D eigenvalue weighted by Gasteiger charge is -2.61. The number of nitro groups is 1. The molecule has 0 spiro atoms. The lowest BCUT2D eigenvalue weighted by atomic mass is 9.52. The van der Waals surface area contributed by atoms with E-state index in [1.807, 2.05) is 6.07 Å². The molecule has 1 aliphatic heterocycles. The van der Waals surface area contributed by atoms with Crippen molar-refractivity contribution in [3.05, 3.63) is 28.3 Å². The molecule has 0 radical (unpaired) electrons. The minimum Gasteiger partial charge on any atom is -0.369 e. The minimum absolute atomic E-state index is 0.135. The first kappa shape index (κ1) is 18.2. The van der Waals surface area contributed by atoms with E-state index in [0.29, 0.717) is 0 Å². The van der Waals surface area contributed by atoms with Gasteiger partial charge in [-0.05, 0) is 75.3 Å². The number of anilines is 2. The molecule has 4 saturated carbocycles. The molecule has 4 aliphatic carbocycles. The number of benzene rings is 1. The number of nitrogens with one attached hydrogen (secondary N) is 1. The van der Waals surface area contributed by atoms with Crippen molar-refractivity contribution in [3.8, 4) is 0 Å². The Bertz CT molecular complexity index is 724. The second kappa shape index (κ2) is 6.90. The summed E-state index contributed by atoms with van der Waals surface area (Å²) in [7, 11) is 0. The largest absolute Gasteiger partial charge is 0.369 e. The summed E-state index contributed by atoms with van der Waals surface area (Å²) in [6.45, 7) is 6.89. The summed E-state index contributed by atoms with van der Waals surface area (Å²) in [5.74, 6) is 2.49. The van der Waals surface area contributed by atoms with Crippen LogP contribution in [-0.2, 0) is 0 Å². The van der Waals surface area contributed by atoms with E-state index in [9.17, 15) is 10.1 Å². The molecular formula is C22H32N4O2. The number of piperazine rings is 1. The van der Waals surface area contributed by atoms with Gasteiger partial charge in [0.2, 0.25) is 0 Å². The Morgan fingerprint density at radius 1 is 1.14 bits per heavy atom. The van der Waals surface area contributed by atoms with Crippen molar-refractivity contribution in [1.29, 1.82) is 0 Å². The first-order chi connectivity index (χ1) is 13.6. The summed E-state index contributed by atoms with van der Waals surface area (Å²) in [5, 5.41) is 15.3. The molecule has 0 aromatic heterocycles. The van der Waals surface area contributed by atoms with E-state index >= 15 is 0 Å². The molecule has 1 aromatic carbocycles. The number of nitrogens with zero attached hydrogens (tertiary/aromatic N) is 3. The number of rotatable bonds is 5. The average molecular weight is 385 g/mol. The highest BCUT2D eigenvalue weighted by atomic mass is 16.6. The highest BCUT2D eigenvalue weighted by Crippen LogP contribution is 2.59. The molecule has 1 saturated heterocycles. The van der Waals surface area contributed by atoms with E-state index < -0.39 is 0 Å². The predicted molar refractivity (Wildman–Crippen MR) is 112 cm³/mol. The van der Waals surface area contributed by atoms with Crippen molar-refractivity contribution < 1.29 is 4.92 Å². The molecule has 6 nitrogen and oxygen atoms in total. The Hall–Kier alpha value is -1.82. The molecule has 4 bridgehead atoms. The monoisotopic (exact) mass is 384 g/mol. The molecule has 0 amide bonds. The Balaban J connectivity index is 1.54. The van der Waals surface area contributed by atoms with Gasteiger partial charge < -0.3 is 15.1 Å². The quantitative estimate of drug-likeness (QED) is 0.618. The summed E-state index contributed by atoms with van der Waals surface area (Å²) >= 11 is 0. The Morgan fingerprint density at radius 3 is 2.29 bits per heavy atom. The molecule has 0 unspecified atom stereocenters. The molecule has 5 aliphatic rings. The summed E-state index contributed by atoms with van der Waals surface area (Å²) in [6.07, 6.45) is 7.84. The van der Waals surface area contributed by atoms with Crippen LogP contribution in [-0.4, -0.2) is 43.2 Å². The van der Waals surface area contributed by atoms with Crippen LogP contribution in [0.15, 0.2) is 18.2 Å². The SMILES string of the molecule is CCN(c1cc(N2CCNCC2)ccc1[N+](=O)[O-])C12CC3CC(CC(C3)C1)C2. The van der Waals surface area contributed by atoms with E-state index in [-0.39, 0.29) is 16.1 Å². The Morgan fingerprint density at radius 2 is 1.75 bits per heavy atom. The maximum atomic E-state index is 11.9. The van der Waals surface area contributed by atoms with Gasteiger partial charge in [-0.15, -0.1) is 0 Å². The summed E-state index contributed by atoms with van der Waals surface area (Å²) in [4.78, 5) is 16.5. The van der Waals surface area contributed by atoms with E-state index in [2.05, 4.69) is 28.1 Å². The summed E-state index contributed by atoms with van der Waals surface area (Å²) in [6, 6.07) is 5.81. The van der Waals surface area contributed by atoms with E-state index in [0.717, 1.165) is 61.9 Å². The minimum atomic E-state index is -0.181. The predicted octanol–water partition coefficient (Wildman–Crippen LogP) is 3.80.